The van der Waals surface area contributed by atoms with Crippen molar-refractivity contribution in [3.8, 4) is 0 Å². The predicted octanol–water partition coefficient (Wildman–Crippen LogP) is -3.65. The van der Waals surface area contributed by atoms with Gasteiger partial charge in [0.15, 0.2) is 11.9 Å². The smallest absolute Gasteiger partial charge is 0.326 e. The number of H-pyrrole nitrogens is 1. The average Bonchev–Trinajstić information content (AvgIpc) is 3.61. The number of guanidine groups is 2. The van der Waals surface area contributed by atoms with E-state index in [1.165, 1.54) is 12.5 Å². The zero-order valence-electron chi connectivity index (χ0n) is 22.3. The van der Waals surface area contributed by atoms with Crippen molar-refractivity contribution < 1.29 is 24.3 Å². The number of carboxylic acid groups (broad SMARTS) is 1. The fourth-order valence-electron chi connectivity index (χ4n) is 4.08. The lowest BCUT2D eigenvalue weighted by molar-refractivity contribution is -0.142. The predicted molar refractivity (Wildman–Crippen MR) is 147 cm³/mol. The van der Waals surface area contributed by atoms with Crippen molar-refractivity contribution in [2.75, 3.05) is 19.6 Å². The molecular weight excluding hydrogens is 524 g/mol. The lowest BCUT2D eigenvalue weighted by Gasteiger charge is -2.25. The van der Waals surface area contributed by atoms with Crippen molar-refractivity contribution in [3.63, 3.8) is 0 Å². The maximum Gasteiger partial charge on any atom is 0.326 e. The fraction of sp³-hybridized carbons (Fsp3) is 0.609. The van der Waals surface area contributed by atoms with Gasteiger partial charge in [-0.3, -0.25) is 24.4 Å². The van der Waals surface area contributed by atoms with E-state index < -0.39 is 42.0 Å². The number of aromatic amines is 1. The summed E-state index contributed by atoms with van der Waals surface area (Å²) >= 11 is 0. The number of amides is 3. The van der Waals surface area contributed by atoms with E-state index in [0.29, 0.717) is 31.5 Å². The molecule has 17 heteroatoms. The lowest BCUT2D eigenvalue weighted by Crippen LogP contribution is -2.57. The SMILES string of the molecule is NC(N)=NCCCC(NC(=O)C(Cc1cnc[nH]1)NC(=O)C(CCCN=C(N)N)NC(=O)C1CCCN1)C(=O)O. The Balaban J connectivity index is 2.14. The third-order valence-electron chi connectivity index (χ3n) is 6.13. The number of aliphatic carboxylic acids is 1. The molecule has 0 spiro atoms. The van der Waals surface area contributed by atoms with Gasteiger partial charge in [-0.25, -0.2) is 9.78 Å². The summed E-state index contributed by atoms with van der Waals surface area (Å²) in [4.78, 5) is 65.6. The monoisotopic (exact) mass is 564 g/mol. The van der Waals surface area contributed by atoms with E-state index in [0.717, 1.165) is 6.42 Å². The Morgan fingerprint density at radius 2 is 1.55 bits per heavy atom. The van der Waals surface area contributed by atoms with Gasteiger partial charge in [-0.05, 0) is 45.1 Å². The summed E-state index contributed by atoms with van der Waals surface area (Å²) in [7, 11) is 0. The van der Waals surface area contributed by atoms with Crippen LogP contribution in [0.1, 0.15) is 44.2 Å². The number of nitrogens with zero attached hydrogens (tertiary/aromatic N) is 3. The highest BCUT2D eigenvalue weighted by atomic mass is 16.4. The second-order valence-electron chi connectivity index (χ2n) is 9.35. The standard InChI is InChI=1S/C23H40N12O5/c24-22(25)30-8-2-5-15(33-18(36)14-4-1-7-29-14)19(37)35-17(10-13-11-28-12-32-13)20(38)34-16(21(39)40)6-3-9-31-23(26)27/h11-12,14-17,29H,1-10H2,(H,28,32)(H,33,36)(H,34,38)(H,35,37)(H,39,40)(H4,24,25,30)(H4,26,27,31). The van der Waals surface area contributed by atoms with Crippen LogP contribution in [-0.2, 0) is 25.6 Å². The maximum absolute atomic E-state index is 13.4. The van der Waals surface area contributed by atoms with E-state index in [2.05, 4.69) is 41.2 Å². The Hall–Kier alpha value is -4.41. The molecule has 3 amide bonds. The van der Waals surface area contributed by atoms with Gasteiger partial charge in [0, 0.05) is 31.4 Å². The summed E-state index contributed by atoms with van der Waals surface area (Å²) in [5.41, 5.74) is 21.8. The fourth-order valence-corrected chi connectivity index (χ4v) is 4.08. The van der Waals surface area contributed by atoms with Gasteiger partial charge < -0.3 is 54.3 Å². The Bertz CT molecular complexity index is 1030. The second-order valence-corrected chi connectivity index (χ2v) is 9.35. The zero-order chi connectivity index (χ0) is 29.5. The van der Waals surface area contributed by atoms with Crippen molar-refractivity contribution >= 4 is 35.6 Å². The number of aliphatic imine (C=N–C) groups is 2. The van der Waals surface area contributed by atoms with Gasteiger partial charge in [0.2, 0.25) is 17.7 Å². The number of hydrogen-bond donors (Lipinski definition) is 10. The van der Waals surface area contributed by atoms with E-state index in [4.69, 9.17) is 22.9 Å². The van der Waals surface area contributed by atoms with E-state index in [1.807, 2.05) is 0 Å². The van der Waals surface area contributed by atoms with Crippen LogP contribution in [0.25, 0.3) is 0 Å². The summed E-state index contributed by atoms with van der Waals surface area (Å²) in [6.07, 6.45) is 5.29. The van der Waals surface area contributed by atoms with Crippen LogP contribution >= 0.6 is 0 Å². The van der Waals surface area contributed by atoms with Crippen LogP contribution in [0, 0.1) is 0 Å². The van der Waals surface area contributed by atoms with Gasteiger partial charge in [0.05, 0.1) is 12.4 Å². The third-order valence-corrected chi connectivity index (χ3v) is 6.13. The number of carboxylic acids is 1. The first-order valence-electron chi connectivity index (χ1n) is 13.0. The minimum atomic E-state index is -1.25. The second kappa shape index (κ2) is 16.5. The number of carbonyl (C=O) groups excluding carboxylic acids is 3. The van der Waals surface area contributed by atoms with Gasteiger partial charge in [-0.15, -0.1) is 0 Å². The number of aromatic nitrogens is 2. The van der Waals surface area contributed by atoms with Gasteiger partial charge in [0.1, 0.15) is 18.1 Å². The molecule has 1 aromatic heterocycles. The summed E-state index contributed by atoms with van der Waals surface area (Å²) in [5, 5.41) is 20.6. The molecule has 17 nitrogen and oxygen atoms in total. The normalized spacial score (nSPS) is 16.6. The van der Waals surface area contributed by atoms with Crippen LogP contribution in [0.3, 0.4) is 0 Å². The van der Waals surface area contributed by atoms with Gasteiger partial charge in [-0.1, -0.05) is 0 Å². The van der Waals surface area contributed by atoms with E-state index >= 15 is 0 Å². The van der Waals surface area contributed by atoms with Gasteiger partial charge >= 0.3 is 5.97 Å². The molecule has 14 N–H and O–H groups in total. The zero-order valence-corrected chi connectivity index (χ0v) is 22.3. The molecule has 0 radical (unpaired) electrons. The number of hydrogen-bond acceptors (Lipinski definition) is 8. The van der Waals surface area contributed by atoms with Crippen molar-refractivity contribution in [1.82, 2.24) is 31.2 Å². The van der Waals surface area contributed by atoms with Crippen molar-refractivity contribution in [2.45, 2.75) is 69.1 Å². The Morgan fingerprint density at radius 3 is 2.08 bits per heavy atom. The molecule has 0 aliphatic carbocycles. The van der Waals surface area contributed by atoms with Crippen LogP contribution < -0.4 is 44.2 Å². The van der Waals surface area contributed by atoms with Crippen molar-refractivity contribution in [3.05, 3.63) is 18.2 Å². The first kappa shape index (κ1) is 31.8. The third kappa shape index (κ3) is 11.5. The maximum atomic E-state index is 13.4. The molecule has 40 heavy (non-hydrogen) atoms. The van der Waals surface area contributed by atoms with Crippen molar-refractivity contribution in [1.29, 1.82) is 0 Å². The number of nitrogens with one attached hydrogen (secondary N) is 5. The molecule has 222 valence electrons. The van der Waals surface area contributed by atoms with Crippen LogP contribution in [0.4, 0.5) is 0 Å². The van der Waals surface area contributed by atoms with E-state index in [-0.39, 0.29) is 50.2 Å². The topological polar surface area (TPSA) is 294 Å². The summed E-state index contributed by atoms with van der Waals surface area (Å²) in [6, 6.07) is -3.83. The highest BCUT2D eigenvalue weighted by Crippen LogP contribution is 2.08. The van der Waals surface area contributed by atoms with Crippen molar-refractivity contribution in [2.24, 2.45) is 32.9 Å². The number of nitrogens with two attached hydrogens (primary N) is 4. The van der Waals surface area contributed by atoms with Crippen LogP contribution in [0.15, 0.2) is 22.5 Å². The summed E-state index contributed by atoms with van der Waals surface area (Å²) < 4.78 is 0. The molecule has 1 saturated heterocycles. The number of imidazole rings is 1. The molecule has 2 rings (SSSR count). The highest BCUT2D eigenvalue weighted by Gasteiger charge is 2.31. The molecule has 4 atom stereocenters. The van der Waals surface area contributed by atoms with Crippen LogP contribution in [-0.4, -0.2) is 94.5 Å². The largest absolute Gasteiger partial charge is 0.480 e. The van der Waals surface area contributed by atoms with Crippen LogP contribution in [0.5, 0.6) is 0 Å². The quantitative estimate of drug-likeness (QED) is 0.0499. The molecule has 1 aliphatic rings. The molecule has 0 aromatic carbocycles. The minimum absolute atomic E-state index is 0.00321. The van der Waals surface area contributed by atoms with Gasteiger partial charge in [0.25, 0.3) is 0 Å². The Kier molecular flexibility index (Phi) is 13.1. The van der Waals surface area contributed by atoms with E-state index in [1.54, 1.807) is 0 Å². The molecule has 1 aliphatic heterocycles. The number of carbonyl (C=O) groups is 4. The Labute approximate surface area is 231 Å². The molecule has 4 unspecified atom stereocenters. The molecule has 2 heterocycles. The van der Waals surface area contributed by atoms with Gasteiger partial charge in [-0.2, -0.15) is 0 Å². The first-order valence-corrected chi connectivity index (χ1v) is 13.0. The molecule has 1 aromatic rings. The lowest BCUT2D eigenvalue weighted by atomic mass is 10.1. The number of rotatable bonds is 17. The molecule has 0 bridgehead atoms. The average molecular weight is 565 g/mol. The highest BCUT2D eigenvalue weighted by molar-refractivity contribution is 5.94. The van der Waals surface area contributed by atoms with E-state index in [9.17, 15) is 24.3 Å². The molecule has 0 saturated carbocycles. The minimum Gasteiger partial charge on any atom is -0.480 e. The molecular formula is C23H40N12O5. The van der Waals surface area contributed by atoms with Crippen LogP contribution in [0.2, 0.25) is 0 Å². The Morgan fingerprint density at radius 1 is 0.950 bits per heavy atom. The molecule has 1 fully saturated rings. The summed E-state index contributed by atoms with van der Waals surface area (Å²) in [5.74, 6) is -3.14. The summed E-state index contributed by atoms with van der Waals surface area (Å²) in [6.45, 7) is 1.12. The first-order chi connectivity index (χ1) is 19.1.